The molecule has 2 nitrogen and oxygen atoms in total. The normalized spacial score (nSPS) is 13.2. The predicted molar refractivity (Wildman–Crippen MR) is 70.9 cm³/mol. The third-order valence-electron chi connectivity index (χ3n) is 3.16. The second-order valence-corrected chi connectivity index (χ2v) is 4.59. The first kappa shape index (κ1) is 14.5. The molecule has 106 valence electrons. The van der Waals surface area contributed by atoms with Crippen LogP contribution in [0.15, 0.2) is 48.8 Å². The Morgan fingerprint density at radius 3 is 2.45 bits per heavy atom. The van der Waals surface area contributed by atoms with E-state index in [0.29, 0.717) is 6.42 Å². The number of nitrogens with zero attached hydrogens (tertiary/aromatic N) is 1. The zero-order chi connectivity index (χ0) is 14.6. The van der Waals surface area contributed by atoms with Gasteiger partial charge in [-0.3, -0.25) is 4.98 Å². The SMILES string of the molecule is NC(CCc1cnccc1C(F)(F)F)c1ccccc1. The minimum Gasteiger partial charge on any atom is -0.324 e. The fraction of sp³-hybridized carbons (Fsp3) is 0.267. The number of benzene rings is 1. The van der Waals surface area contributed by atoms with Gasteiger partial charge in [-0.25, -0.2) is 0 Å². The van der Waals surface area contributed by atoms with E-state index in [9.17, 15) is 13.2 Å². The average molecular weight is 280 g/mol. The third kappa shape index (κ3) is 3.57. The first-order valence-corrected chi connectivity index (χ1v) is 6.29. The molecule has 0 spiro atoms. The lowest BCUT2D eigenvalue weighted by Gasteiger charge is -2.15. The number of pyridine rings is 1. The summed E-state index contributed by atoms with van der Waals surface area (Å²) in [6.45, 7) is 0. The number of alkyl halides is 3. The summed E-state index contributed by atoms with van der Waals surface area (Å²) in [5.74, 6) is 0. The minimum atomic E-state index is -4.35. The van der Waals surface area contributed by atoms with Crippen molar-refractivity contribution in [2.75, 3.05) is 0 Å². The van der Waals surface area contributed by atoms with E-state index < -0.39 is 11.7 Å². The zero-order valence-corrected chi connectivity index (χ0v) is 10.8. The van der Waals surface area contributed by atoms with Crippen LogP contribution in [0.2, 0.25) is 0 Å². The quantitative estimate of drug-likeness (QED) is 0.926. The summed E-state index contributed by atoms with van der Waals surface area (Å²) >= 11 is 0. The molecule has 5 heteroatoms. The van der Waals surface area contributed by atoms with Crippen LogP contribution >= 0.6 is 0 Å². The van der Waals surface area contributed by atoms with Gasteiger partial charge in [0.05, 0.1) is 5.56 Å². The maximum atomic E-state index is 12.8. The molecule has 0 amide bonds. The summed E-state index contributed by atoms with van der Waals surface area (Å²) in [5, 5.41) is 0. The maximum absolute atomic E-state index is 12.8. The van der Waals surface area contributed by atoms with Gasteiger partial charge in [0, 0.05) is 18.4 Å². The molecule has 20 heavy (non-hydrogen) atoms. The topological polar surface area (TPSA) is 38.9 Å². The lowest BCUT2D eigenvalue weighted by atomic mass is 9.98. The van der Waals surface area contributed by atoms with Crippen molar-refractivity contribution in [2.45, 2.75) is 25.1 Å². The fourth-order valence-electron chi connectivity index (χ4n) is 2.08. The number of hydrogen-bond donors (Lipinski definition) is 1. The predicted octanol–water partition coefficient (Wildman–Crippen LogP) is 3.73. The molecular weight excluding hydrogens is 265 g/mol. The molecule has 2 aromatic rings. The molecule has 0 saturated carbocycles. The van der Waals surface area contributed by atoms with Crippen LogP contribution in [0.1, 0.15) is 29.2 Å². The van der Waals surface area contributed by atoms with Crippen LogP contribution in [-0.2, 0) is 12.6 Å². The van der Waals surface area contributed by atoms with Crippen LogP contribution in [0.4, 0.5) is 13.2 Å². The molecule has 1 heterocycles. The van der Waals surface area contributed by atoms with Crippen molar-refractivity contribution in [3.05, 3.63) is 65.5 Å². The largest absolute Gasteiger partial charge is 0.416 e. The third-order valence-corrected chi connectivity index (χ3v) is 3.16. The van der Waals surface area contributed by atoms with Gasteiger partial charge in [0.2, 0.25) is 0 Å². The Labute approximate surface area is 115 Å². The van der Waals surface area contributed by atoms with Crippen molar-refractivity contribution >= 4 is 0 Å². The highest BCUT2D eigenvalue weighted by Crippen LogP contribution is 2.32. The van der Waals surface area contributed by atoms with E-state index in [2.05, 4.69) is 4.98 Å². The molecule has 0 fully saturated rings. The molecule has 1 aromatic heterocycles. The molecule has 1 atom stereocenters. The van der Waals surface area contributed by atoms with E-state index in [-0.39, 0.29) is 18.0 Å². The zero-order valence-electron chi connectivity index (χ0n) is 10.8. The molecule has 2 N–H and O–H groups in total. The molecule has 0 saturated heterocycles. The minimum absolute atomic E-state index is 0.186. The van der Waals surface area contributed by atoms with Gasteiger partial charge < -0.3 is 5.73 Å². The Kier molecular flexibility index (Phi) is 4.39. The first-order chi connectivity index (χ1) is 9.48. The molecule has 0 aliphatic heterocycles. The second-order valence-electron chi connectivity index (χ2n) is 4.59. The highest BCUT2D eigenvalue weighted by Gasteiger charge is 2.33. The smallest absolute Gasteiger partial charge is 0.324 e. The van der Waals surface area contributed by atoms with Crippen molar-refractivity contribution in [3.63, 3.8) is 0 Å². The molecule has 0 radical (unpaired) electrons. The second kappa shape index (κ2) is 6.05. The summed E-state index contributed by atoms with van der Waals surface area (Å²) in [5.41, 5.74) is 6.48. The number of aromatic nitrogens is 1. The van der Waals surface area contributed by atoms with Crippen molar-refractivity contribution in [1.29, 1.82) is 0 Å². The van der Waals surface area contributed by atoms with Gasteiger partial charge in [-0.05, 0) is 30.0 Å². The molecule has 0 aliphatic carbocycles. The first-order valence-electron chi connectivity index (χ1n) is 6.29. The molecular formula is C15H15F3N2. The number of rotatable bonds is 4. The van der Waals surface area contributed by atoms with E-state index in [1.54, 1.807) is 0 Å². The lowest BCUT2D eigenvalue weighted by molar-refractivity contribution is -0.138. The van der Waals surface area contributed by atoms with Gasteiger partial charge in [0.15, 0.2) is 0 Å². The summed E-state index contributed by atoms with van der Waals surface area (Å²) < 4.78 is 38.5. The number of halogens is 3. The van der Waals surface area contributed by atoms with Gasteiger partial charge in [0.25, 0.3) is 0 Å². The standard InChI is InChI=1S/C15H15F3N2/c16-15(17,18)13-8-9-20-10-12(13)6-7-14(19)11-4-2-1-3-5-11/h1-5,8-10,14H,6-7,19H2. The summed E-state index contributed by atoms with van der Waals surface area (Å²) in [6, 6.07) is 10.1. The summed E-state index contributed by atoms with van der Waals surface area (Å²) in [7, 11) is 0. The van der Waals surface area contributed by atoms with Gasteiger partial charge in [0.1, 0.15) is 0 Å². The molecule has 2 rings (SSSR count). The van der Waals surface area contributed by atoms with Crippen molar-refractivity contribution in [2.24, 2.45) is 5.73 Å². The highest BCUT2D eigenvalue weighted by atomic mass is 19.4. The van der Waals surface area contributed by atoms with Gasteiger partial charge >= 0.3 is 6.18 Å². The van der Waals surface area contributed by atoms with E-state index in [1.165, 1.54) is 6.20 Å². The summed E-state index contributed by atoms with van der Waals surface area (Å²) in [6.07, 6.45) is -1.24. The van der Waals surface area contributed by atoms with Gasteiger partial charge in [-0.2, -0.15) is 13.2 Å². The van der Waals surface area contributed by atoms with Crippen LogP contribution in [0.25, 0.3) is 0 Å². The summed E-state index contributed by atoms with van der Waals surface area (Å²) in [4.78, 5) is 3.77. The molecule has 0 bridgehead atoms. The van der Waals surface area contributed by atoms with E-state index in [4.69, 9.17) is 5.73 Å². The molecule has 1 unspecified atom stereocenters. The molecule has 0 aliphatic rings. The van der Waals surface area contributed by atoms with E-state index in [0.717, 1.165) is 17.8 Å². The van der Waals surface area contributed by atoms with Crippen LogP contribution in [0.5, 0.6) is 0 Å². The number of nitrogens with two attached hydrogens (primary N) is 1. The van der Waals surface area contributed by atoms with E-state index >= 15 is 0 Å². The maximum Gasteiger partial charge on any atom is 0.416 e. The fourth-order valence-corrected chi connectivity index (χ4v) is 2.08. The monoisotopic (exact) mass is 280 g/mol. The van der Waals surface area contributed by atoms with Crippen LogP contribution in [0, 0.1) is 0 Å². The van der Waals surface area contributed by atoms with Crippen LogP contribution < -0.4 is 5.73 Å². The Balaban J connectivity index is 2.08. The average Bonchev–Trinajstić information content (AvgIpc) is 2.45. The Bertz CT molecular complexity index is 553. The number of aryl methyl sites for hydroxylation is 1. The highest BCUT2D eigenvalue weighted by molar-refractivity contribution is 5.27. The number of hydrogen-bond acceptors (Lipinski definition) is 2. The lowest BCUT2D eigenvalue weighted by Crippen LogP contribution is -2.14. The Morgan fingerprint density at radius 1 is 1.10 bits per heavy atom. The van der Waals surface area contributed by atoms with Crippen molar-refractivity contribution in [3.8, 4) is 0 Å². The Morgan fingerprint density at radius 2 is 1.80 bits per heavy atom. The van der Waals surface area contributed by atoms with Crippen molar-refractivity contribution in [1.82, 2.24) is 4.98 Å². The van der Waals surface area contributed by atoms with Crippen LogP contribution in [0.3, 0.4) is 0 Å². The van der Waals surface area contributed by atoms with Gasteiger partial charge in [-0.1, -0.05) is 30.3 Å². The van der Waals surface area contributed by atoms with Crippen LogP contribution in [-0.4, -0.2) is 4.98 Å². The Hall–Kier alpha value is -1.88. The molecule has 1 aromatic carbocycles. The van der Waals surface area contributed by atoms with E-state index in [1.807, 2.05) is 30.3 Å². The van der Waals surface area contributed by atoms with Crippen molar-refractivity contribution < 1.29 is 13.2 Å². The van der Waals surface area contributed by atoms with Gasteiger partial charge in [-0.15, -0.1) is 0 Å².